The molecule has 0 radical (unpaired) electrons. The van der Waals surface area contributed by atoms with E-state index < -0.39 is 9.84 Å². The fourth-order valence-corrected chi connectivity index (χ4v) is 5.86. The smallest absolute Gasteiger partial charge is 0.150 e. The minimum Gasteiger partial charge on any atom is -0.312 e. The molecule has 2 atom stereocenters. The first-order valence-corrected chi connectivity index (χ1v) is 8.63. The first kappa shape index (κ1) is 12.5. The number of hydrogen-bond donors (Lipinski definition) is 1. The predicted octanol–water partition coefficient (Wildman–Crippen LogP) is 2.21. The summed E-state index contributed by atoms with van der Waals surface area (Å²) in [6.07, 6.45) is 0.762. The van der Waals surface area contributed by atoms with Crippen LogP contribution in [-0.4, -0.2) is 27.0 Å². The Morgan fingerprint density at radius 1 is 1.62 bits per heavy atom. The van der Waals surface area contributed by atoms with E-state index in [9.17, 15) is 8.42 Å². The molecule has 1 aliphatic rings. The van der Waals surface area contributed by atoms with Crippen molar-refractivity contribution in [2.24, 2.45) is 5.92 Å². The number of nitrogens with one attached hydrogen (secondary N) is 1. The van der Waals surface area contributed by atoms with Gasteiger partial charge in [0.2, 0.25) is 0 Å². The molecule has 1 aliphatic heterocycles. The van der Waals surface area contributed by atoms with Crippen molar-refractivity contribution in [2.75, 3.05) is 18.6 Å². The molecule has 2 heterocycles. The molecule has 0 aromatic carbocycles. The average molecular weight is 324 g/mol. The molecule has 1 N–H and O–H groups in total. The summed E-state index contributed by atoms with van der Waals surface area (Å²) in [6.45, 7) is 0. The Morgan fingerprint density at radius 3 is 2.81 bits per heavy atom. The van der Waals surface area contributed by atoms with E-state index in [1.54, 1.807) is 11.3 Å². The van der Waals surface area contributed by atoms with Crippen LogP contribution in [0.15, 0.2) is 15.9 Å². The van der Waals surface area contributed by atoms with E-state index in [1.165, 1.54) is 4.88 Å². The molecular formula is C10H14BrNO2S2. The van der Waals surface area contributed by atoms with Crippen molar-refractivity contribution in [3.63, 3.8) is 0 Å². The fourth-order valence-electron chi connectivity index (χ4n) is 2.19. The molecular weight excluding hydrogens is 310 g/mol. The van der Waals surface area contributed by atoms with Gasteiger partial charge in [0.1, 0.15) is 0 Å². The minimum atomic E-state index is -2.81. The predicted molar refractivity (Wildman–Crippen MR) is 70.6 cm³/mol. The SMILES string of the molecule is CNC(c1sccc1Br)C1CCS(=O)(=O)C1. The van der Waals surface area contributed by atoms with Gasteiger partial charge in [0.25, 0.3) is 0 Å². The molecule has 2 unspecified atom stereocenters. The lowest BCUT2D eigenvalue weighted by Gasteiger charge is -2.21. The Kier molecular flexibility index (Phi) is 3.73. The molecule has 2 rings (SSSR count). The zero-order valence-corrected chi connectivity index (χ0v) is 12.2. The van der Waals surface area contributed by atoms with Gasteiger partial charge in [0, 0.05) is 15.4 Å². The lowest BCUT2D eigenvalue weighted by molar-refractivity contribution is 0.423. The van der Waals surface area contributed by atoms with Gasteiger partial charge in [-0.15, -0.1) is 11.3 Å². The summed E-state index contributed by atoms with van der Waals surface area (Å²) >= 11 is 5.17. The standard InChI is InChI=1S/C10H14BrNO2S2/c1-12-9(10-8(11)2-4-15-10)7-3-5-16(13,14)6-7/h2,4,7,9,12H,3,5-6H2,1H3. The van der Waals surface area contributed by atoms with Crippen LogP contribution in [0.5, 0.6) is 0 Å². The van der Waals surface area contributed by atoms with Crippen molar-refractivity contribution in [2.45, 2.75) is 12.5 Å². The summed E-state index contributed by atoms with van der Waals surface area (Å²) in [5, 5.41) is 5.26. The van der Waals surface area contributed by atoms with Gasteiger partial charge in [-0.3, -0.25) is 0 Å². The Balaban J connectivity index is 2.22. The largest absolute Gasteiger partial charge is 0.312 e. The zero-order valence-electron chi connectivity index (χ0n) is 8.94. The molecule has 90 valence electrons. The van der Waals surface area contributed by atoms with Crippen molar-refractivity contribution in [3.05, 3.63) is 20.8 Å². The maximum atomic E-state index is 11.5. The van der Waals surface area contributed by atoms with Crippen molar-refractivity contribution >= 4 is 37.1 Å². The molecule has 0 aliphatic carbocycles. The highest BCUT2D eigenvalue weighted by Crippen LogP contribution is 2.37. The minimum absolute atomic E-state index is 0.145. The van der Waals surface area contributed by atoms with Gasteiger partial charge in [0.15, 0.2) is 9.84 Å². The lowest BCUT2D eigenvalue weighted by atomic mass is 9.98. The van der Waals surface area contributed by atoms with E-state index in [0.717, 1.165) is 10.9 Å². The van der Waals surface area contributed by atoms with Crippen LogP contribution in [0.3, 0.4) is 0 Å². The van der Waals surface area contributed by atoms with Crippen LogP contribution in [0, 0.1) is 5.92 Å². The molecule has 1 fully saturated rings. The lowest BCUT2D eigenvalue weighted by Crippen LogP contribution is -2.25. The van der Waals surface area contributed by atoms with E-state index >= 15 is 0 Å². The highest BCUT2D eigenvalue weighted by molar-refractivity contribution is 9.10. The van der Waals surface area contributed by atoms with E-state index in [4.69, 9.17) is 0 Å². The summed E-state index contributed by atoms with van der Waals surface area (Å²) in [5.74, 6) is 0.840. The normalized spacial score (nSPS) is 25.8. The molecule has 1 aromatic heterocycles. The fraction of sp³-hybridized carbons (Fsp3) is 0.600. The molecule has 0 bridgehead atoms. The van der Waals surface area contributed by atoms with Crippen LogP contribution in [0.1, 0.15) is 17.3 Å². The number of hydrogen-bond acceptors (Lipinski definition) is 4. The Bertz CT molecular complexity index is 469. The van der Waals surface area contributed by atoms with Gasteiger partial charge in [0.05, 0.1) is 11.5 Å². The van der Waals surface area contributed by atoms with E-state index in [0.29, 0.717) is 11.5 Å². The second-order valence-corrected chi connectivity index (χ2v) is 8.09. The Labute approximate surface area is 108 Å². The van der Waals surface area contributed by atoms with E-state index in [1.807, 2.05) is 18.5 Å². The maximum absolute atomic E-state index is 11.5. The average Bonchev–Trinajstić information content (AvgIpc) is 2.76. The second kappa shape index (κ2) is 4.76. The highest BCUT2D eigenvalue weighted by atomic mass is 79.9. The van der Waals surface area contributed by atoms with Crippen LogP contribution in [-0.2, 0) is 9.84 Å². The first-order valence-electron chi connectivity index (χ1n) is 5.14. The van der Waals surface area contributed by atoms with E-state index in [-0.39, 0.29) is 12.0 Å². The third-order valence-electron chi connectivity index (χ3n) is 2.98. The summed E-state index contributed by atoms with van der Waals surface area (Å²) in [5.41, 5.74) is 0. The second-order valence-electron chi connectivity index (χ2n) is 4.06. The van der Waals surface area contributed by atoms with Crippen LogP contribution in [0.2, 0.25) is 0 Å². The Morgan fingerprint density at radius 2 is 2.38 bits per heavy atom. The van der Waals surface area contributed by atoms with Crippen molar-refractivity contribution < 1.29 is 8.42 Å². The molecule has 16 heavy (non-hydrogen) atoms. The monoisotopic (exact) mass is 323 g/mol. The Hall–Kier alpha value is 0.0900. The van der Waals surface area contributed by atoms with Gasteiger partial charge in [-0.25, -0.2) is 8.42 Å². The van der Waals surface area contributed by atoms with Crippen molar-refractivity contribution in [1.82, 2.24) is 5.32 Å². The summed E-state index contributed by atoms with van der Waals surface area (Å²) in [6, 6.07) is 2.15. The van der Waals surface area contributed by atoms with Crippen molar-refractivity contribution in [1.29, 1.82) is 0 Å². The first-order chi connectivity index (χ1) is 7.53. The third-order valence-corrected chi connectivity index (χ3v) is 6.72. The highest BCUT2D eigenvalue weighted by Gasteiger charge is 2.34. The maximum Gasteiger partial charge on any atom is 0.150 e. The number of rotatable bonds is 3. The zero-order chi connectivity index (χ0) is 11.8. The van der Waals surface area contributed by atoms with Gasteiger partial charge in [-0.1, -0.05) is 0 Å². The van der Waals surface area contributed by atoms with Gasteiger partial charge in [-0.2, -0.15) is 0 Å². The van der Waals surface area contributed by atoms with Gasteiger partial charge < -0.3 is 5.32 Å². The van der Waals surface area contributed by atoms with Crippen LogP contribution in [0.4, 0.5) is 0 Å². The number of sulfone groups is 1. The summed E-state index contributed by atoms with van der Waals surface area (Å²) < 4.78 is 24.0. The number of halogens is 1. The summed E-state index contributed by atoms with van der Waals surface area (Å²) in [4.78, 5) is 1.20. The van der Waals surface area contributed by atoms with Crippen molar-refractivity contribution in [3.8, 4) is 0 Å². The van der Waals surface area contributed by atoms with Gasteiger partial charge >= 0.3 is 0 Å². The molecule has 1 aromatic rings. The van der Waals surface area contributed by atoms with Crippen LogP contribution < -0.4 is 5.32 Å². The van der Waals surface area contributed by atoms with E-state index in [2.05, 4.69) is 21.2 Å². The number of thiophene rings is 1. The topological polar surface area (TPSA) is 46.2 Å². The quantitative estimate of drug-likeness (QED) is 0.927. The molecule has 6 heteroatoms. The molecule has 1 saturated heterocycles. The van der Waals surface area contributed by atoms with Crippen LogP contribution >= 0.6 is 27.3 Å². The molecule has 0 saturated carbocycles. The summed E-state index contributed by atoms with van der Waals surface area (Å²) in [7, 11) is -0.915. The third kappa shape index (κ3) is 2.50. The van der Waals surface area contributed by atoms with Gasteiger partial charge in [-0.05, 0) is 46.8 Å². The molecule has 0 amide bonds. The molecule has 3 nitrogen and oxygen atoms in total. The van der Waals surface area contributed by atoms with Crippen LogP contribution in [0.25, 0.3) is 0 Å². The molecule has 0 spiro atoms.